The maximum atomic E-state index is 13.5. The molecule has 1 saturated heterocycles. The van der Waals surface area contributed by atoms with Crippen LogP contribution in [0.5, 0.6) is 0 Å². The first-order valence-electron chi connectivity index (χ1n) is 9.92. The van der Waals surface area contributed by atoms with E-state index in [1.807, 2.05) is 4.90 Å². The lowest BCUT2D eigenvalue weighted by atomic mass is 9.92. The van der Waals surface area contributed by atoms with E-state index in [9.17, 15) is 18.4 Å². The summed E-state index contributed by atoms with van der Waals surface area (Å²) in [6.45, 7) is 2.80. The second kappa shape index (κ2) is 7.89. The number of fused-ring (bicyclic) bond motifs is 1. The summed E-state index contributed by atoms with van der Waals surface area (Å²) < 4.78 is 47.3. The number of aliphatic hydroxyl groups is 1. The van der Waals surface area contributed by atoms with Crippen LogP contribution in [0.2, 0.25) is 0 Å². The monoisotopic (exact) mass is 421 g/mol. The molecule has 2 aromatic heterocycles. The topological polar surface area (TPSA) is 86.7 Å². The molecular formula is C20H22F3N5O2. The molecule has 1 N–H and O–H groups in total. The van der Waals surface area contributed by atoms with Gasteiger partial charge in [-0.3, -0.25) is 0 Å². The number of halogens is 3. The third kappa shape index (κ3) is 3.52. The van der Waals surface area contributed by atoms with Gasteiger partial charge in [0.1, 0.15) is 17.5 Å². The Kier molecular flexibility index (Phi) is 5.42. The highest BCUT2D eigenvalue weighted by molar-refractivity contribution is 5.80. The molecule has 30 heavy (non-hydrogen) atoms. The molecule has 0 saturated carbocycles. The molecule has 1 fully saturated rings. The van der Waals surface area contributed by atoms with Crippen molar-refractivity contribution in [1.82, 2.24) is 14.6 Å². The van der Waals surface area contributed by atoms with Gasteiger partial charge in [-0.15, -0.1) is 0 Å². The largest absolute Gasteiger partial charge is 0.436 e. The standard InChI is InChI=1S/C20H22F3N5O2/c1-12-16(13-5-3-2-4-6-13)19(27-10-14(11-27)30-8-7-29)28-18(25-12)15(9-24)17(26-28)20(21,22)23/h5,14,29H,2-4,6-8,10-11H2,1H3. The summed E-state index contributed by atoms with van der Waals surface area (Å²) in [7, 11) is 0. The molecule has 0 spiro atoms. The Labute approximate surface area is 171 Å². The lowest BCUT2D eigenvalue weighted by Gasteiger charge is -2.41. The normalized spacial score (nSPS) is 17.7. The van der Waals surface area contributed by atoms with Crippen molar-refractivity contribution < 1.29 is 23.0 Å². The van der Waals surface area contributed by atoms with Gasteiger partial charge >= 0.3 is 6.18 Å². The van der Waals surface area contributed by atoms with E-state index >= 15 is 0 Å². The average Bonchev–Trinajstić information content (AvgIpc) is 3.05. The number of alkyl halides is 3. The number of nitrogens with zero attached hydrogens (tertiary/aromatic N) is 5. The number of aryl methyl sites for hydroxylation is 1. The highest BCUT2D eigenvalue weighted by Crippen LogP contribution is 2.40. The Morgan fingerprint density at radius 2 is 2.10 bits per heavy atom. The van der Waals surface area contributed by atoms with Crippen LogP contribution in [0.4, 0.5) is 19.0 Å². The Balaban J connectivity index is 1.89. The van der Waals surface area contributed by atoms with E-state index in [0.29, 0.717) is 24.6 Å². The number of rotatable bonds is 5. The van der Waals surface area contributed by atoms with E-state index in [0.717, 1.165) is 36.8 Å². The molecule has 0 radical (unpaired) electrons. The van der Waals surface area contributed by atoms with Gasteiger partial charge in [0.05, 0.1) is 25.0 Å². The van der Waals surface area contributed by atoms with Crippen molar-refractivity contribution in [1.29, 1.82) is 5.26 Å². The predicted molar refractivity (Wildman–Crippen MR) is 103 cm³/mol. The first kappa shape index (κ1) is 20.6. The summed E-state index contributed by atoms with van der Waals surface area (Å²) in [5.74, 6) is 0.515. The fraction of sp³-hybridized carbons (Fsp3) is 0.550. The van der Waals surface area contributed by atoms with Gasteiger partial charge < -0.3 is 14.7 Å². The van der Waals surface area contributed by atoms with Crippen molar-refractivity contribution in [3.63, 3.8) is 0 Å². The minimum atomic E-state index is -4.75. The molecule has 2 aliphatic rings. The highest BCUT2D eigenvalue weighted by atomic mass is 19.4. The Hall–Kier alpha value is -2.64. The third-order valence-electron chi connectivity index (χ3n) is 5.51. The third-order valence-corrected chi connectivity index (χ3v) is 5.51. The van der Waals surface area contributed by atoms with Crippen molar-refractivity contribution in [3.8, 4) is 6.07 Å². The van der Waals surface area contributed by atoms with Gasteiger partial charge in [0.15, 0.2) is 11.3 Å². The molecule has 4 rings (SSSR count). The van der Waals surface area contributed by atoms with E-state index in [-0.39, 0.29) is 25.0 Å². The van der Waals surface area contributed by atoms with Gasteiger partial charge in [-0.1, -0.05) is 6.08 Å². The molecule has 1 aliphatic heterocycles. The smallest absolute Gasteiger partial charge is 0.394 e. The van der Waals surface area contributed by atoms with E-state index in [4.69, 9.17) is 9.84 Å². The van der Waals surface area contributed by atoms with E-state index in [2.05, 4.69) is 16.2 Å². The highest BCUT2D eigenvalue weighted by Gasteiger charge is 2.41. The number of anilines is 1. The van der Waals surface area contributed by atoms with Crippen molar-refractivity contribution in [2.24, 2.45) is 0 Å². The summed E-state index contributed by atoms with van der Waals surface area (Å²) in [5.41, 5.74) is 0.535. The molecule has 0 atom stereocenters. The van der Waals surface area contributed by atoms with Crippen LogP contribution in [0.25, 0.3) is 11.2 Å². The van der Waals surface area contributed by atoms with Crippen molar-refractivity contribution in [2.45, 2.75) is 44.9 Å². The maximum absolute atomic E-state index is 13.5. The molecular weight excluding hydrogens is 399 g/mol. The predicted octanol–water partition coefficient (Wildman–Crippen LogP) is 3.08. The zero-order valence-corrected chi connectivity index (χ0v) is 16.5. The van der Waals surface area contributed by atoms with Crippen LogP contribution in [0, 0.1) is 18.3 Å². The quantitative estimate of drug-likeness (QED) is 0.799. The molecule has 160 valence electrons. The van der Waals surface area contributed by atoms with Gasteiger partial charge in [-0.05, 0) is 38.2 Å². The minimum absolute atomic E-state index is 0.0859. The SMILES string of the molecule is Cc1nc2c(C#N)c(C(F)(F)F)nn2c(N2CC(OCCO)C2)c1C1=CCCCC1. The lowest BCUT2D eigenvalue weighted by Crippen LogP contribution is -2.53. The minimum Gasteiger partial charge on any atom is -0.394 e. The van der Waals surface area contributed by atoms with Gasteiger partial charge in [0.2, 0.25) is 0 Å². The molecule has 3 heterocycles. The van der Waals surface area contributed by atoms with Crippen LogP contribution in [0.1, 0.15) is 48.2 Å². The Bertz CT molecular complexity index is 1030. The average molecular weight is 421 g/mol. The summed E-state index contributed by atoms with van der Waals surface area (Å²) in [6, 6.07) is 1.64. The van der Waals surface area contributed by atoms with Crippen LogP contribution < -0.4 is 4.90 Å². The number of nitriles is 1. The van der Waals surface area contributed by atoms with Gasteiger partial charge in [0.25, 0.3) is 0 Å². The number of allylic oxidation sites excluding steroid dienone is 2. The number of hydrogen-bond acceptors (Lipinski definition) is 6. The summed E-state index contributed by atoms with van der Waals surface area (Å²) >= 11 is 0. The number of hydrogen-bond donors (Lipinski definition) is 1. The van der Waals surface area contributed by atoms with Gasteiger partial charge in [-0.2, -0.15) is 28.0 Å². The van der Waals surface area contributed by atoms with Crippen molar-refractivity contribution in [3.05, 3.63) is 28.6 Å². The number of aromatic nitrogens is 3. The van der Waals surface area contributed by atoms with Gasteiger partial charge in [-0.25, -0.2) is 4.98 Å². The zero-order valence-electron chi connectivity index (χ0n) is 16.5. The van der Waals surface area contributed by atoms with E-state index < -0.39 is 17.4 Å². The number of aliphatic hydroxyl groups excluding tert-OH is 1. The zero-order chi connectivity index (χ0) is 21.5. The van der Waals surface area contributed by atoms with Crippen LogP contribution in [0.3, 0.4) is 0 Å². The van der Waals surface area contributed by atoms with Crippen LogP contribution in [-0.2, 0) is 10.9 Å². The molecule has 0 bridgehead atoms. The molecule has 10 heteroatoms. The summed E-state index contributed by atoms with van der Waals surface area (Å²) in [6.07, 6.45) is 1.04. The van der Waals surface area contributed by atoms with E-state index in [1.165, 1.54) is 4.52 Å². The van der Waals surface area contributed by atoms with Gasteiger partial charge in [0, 0.05) is 18.7 Å². The molecule has 0 amide bonds. The fourth-order valence-electron chi connectivity index (χ4n) is 4.11. The van der Waals surface area contributed by atoms with Crippen LogP contribution in [-0.4, -0.2) is 52.1 Å². The number of ether oxygens (including phenoxy) is 1. The van der Waals surface area contributed by atoms with Crippen LogP contribution in [0.15, 0.2) is 6.08 Å². The van der Waals surface area contributed by atoms with Crippen LogP contribution >= 0.6 is 0 Å². The lowest BCUT2D eigenvalue weighted by molar-refractivity contribution is -0.141. The fourth-order valence-corrected chi connectivity index (χ4v) is 4.11. The summed E-state index contributed by atoms with van der Waals surface area (Å²) in [4.78, 5) is 6.28. The molecule has 2 aromatic rings. The second-order valence-electron chi connectivity index (χ2n) is 7.56. The second-order valence-corrected chi connectivity index (χ2v) is 7.56. The Morgan fingerprint density at radius 1 is 1.33 bits per heavy atom. The summed E-state index contributed by atoms with van der Waals surface area (Å²) in [5, 5.41) is 22.1. The maximum Gasteiger partial charge on any atom is 0.436 e. The molecule has 1 aliphatic carbocycles. The molecule has 0 unspecified atom stereocenters. The Morgan fingerprint density at radius 3 is 2.70 bits per heavy atom. The van der Waals surface area contributed by atoms with E-state index in [1.54, 1.807) is 13.0 Å². The molecule has 7 nitrogen and oxygen atoms in total. The first-order valence-corrected chi connectivity index (χ1v) is 9.92. The van der Waals surface area contributed by atoms with Crippen molar-refractivity contribution >= 4 is 17.0 Å². The molecule has 0 aromatic carbocycles. The first-order chi connectivity index (χ1) is 14.3. The van der Waals surface area contributed by atoms with Crippen molar-refractivity contribution in [2.75, 3.05) is 31.2 Å².